The minimum Gasteiger partial charge on any atom is -0.489 e. The van der Waals surface area contributed by atoms with Gasteiger partial charge in [0.25, 0.3) is 0 Å². The van der Waals surface area contributed by atoms with E-state index in [1.807, 2.05) is 0 Å². The average molecular weight is 553 g/mol. The summed E-state index contributed by atoms with van der Waals surface area (Å²) in [7, 11) is -0.607. The zero-order chi connectivity index (χ0) is 27.6. The Balaban J connectivity index is 1.09. The molecule has 5 aromatic rings. The van der Waals surface area contributed by atoms with E-state index in [9.17, 15) is 0 Å². The van der Waals surface area contributed by atoms with Gasteiger partial charge in [-0.15, -0.1) is 0 Å². The molecule has 0 fully saturated rings. The monoisotopic (exact) mass is 552 g/mol. The lowest BCUT2D eigenvalue weighted by Crippen LogP contribution is -2.20. The molecule has 2 aliphatic carbocycles. The van der Waals surface area contributed by atoms with Gasteiger partial charge in [-0.1, -0.05) is 127 Å². The van der Waals surface area contributed by atoms with Gasteiger partial charge in [-0.3, -0.25) is 0 Å². The number of ether oxygens (including phenoxy) is 2. The summed E-state index contributed by atoms with van der Waals surface area (Å²) in [4.78, 5) is 0. The van der Waals surface area contributed by atoms with Gasteiger partial charge in [-0.2, -0.15) is 0 Å². The molecule has 41 heavy (non-hydrogen) atoms. The minimum absolute atomic E-state index is 0.413. The molecule has 2 bridgehead atoms. The number of rotatable bonds is 9. The van der Waals surface area contributed by atoms with Crippen molar-refractivity contribution in [3.63, 3.8) is 0 Å². The Labute approximate surface area is 244 Å². The van der Waals surface area contributed by atoms with Crippen molar-refractivity contribution in [3.8, 4) is 11.5 Å². The molecule has 0 N–H and O–H groups in total. The Morgan fingerprint density at radius 2 is 0.976 bits per heavy atom. The maximum absolute atomic E-state index is 6.50. The van der Waals surface area contributed by atoms with E-state index in [1.165, 1.54) is 43.7 Å². The van der Waals surface area contributed by atoms with Gasteiger partial charge >= 0.3 is 0 Å². The fourth-order valence-electron chi connectivity index (χ4n) is 6.09. The van der Waals surface area contributed by atoms with Crippen LogP contribution in [0, 0.1) is 6.92 Å². The third-order valence-corrected chi connectivity index (χ3v) is 10.6. The molecule has 2 nitrogen and oxygen atoms in total. The van der Waals surface area contributed by atoms with Crippen LogP contribution in [0.4, 0.5) is 0 Å². The molecule has 0 aliphatic heterocycles. The molecule has 0 aromatic heterocycles. The first-order valence-corrected chi connectivity index (χ1v) is 15.7. The van der Waals surface area contributed by atoms with Crippen molar-refractivity contribution in [2.75, 3.05) is 0 Å². The Morgan fingerprint density at radius 1 is 0.537 bits per heavy atom. The van der Waals surface area contributed by atoms with E-state index in [-0.39, 0.29) is 0 Å². The number of hydrogen-bond donors (Lipinski definition) is 0. The SMILES string of the molecule is Cc1ccc(COc2ccc(OCc3ccc(P(c4ccccc4)c4ccccc4)cc3)c3c2C2C=CC3C2)cc1. The molecule has 0 saturated heterocycles. The van der Waals surface area contributed by atoms with Crippen LogP contribution >= 0.6 is 7.92 Å². The summed E-state index contributed by atoms with van der Waals surface area (Å²) in [6.45, 7) is 3.24. The molecule has 0 spiro atoms. The standard InChI is InChI=1S/C38H33O2P/c1-27-12-14-28(15-13-27)25-39-35-22-23-36(38-31-19-18-30(24-31)37(35)38)40-26-29-16-20-34(21-17-29)41(32-8-4-2-5-9-32)33-10-6-3-7-11-33/h2-23,30-31H,24-26H2,1H3. The van der Waals surface area contributed by atoms with Crippen LogP contribution in [0.5, 0.6) is 11.5 Å². The van der Waals surface area contributed by atoms with Crippen molar-refractivity contribution in [1.29, 1.82) is 0 Å². The van der Waals surface area contributed by atoms with Crippen LogP contribution < -0.4 is 25.4 Å². The summed E-state index contributed by atoms with van der Waals surface area (Å²) in [5.41, 5.74) is 6.26. The molecule has 0 saturated carbocycles. The quantitative estimate of drug-likeness (QED) is 0.136. The lowest BCUT2D eigenvalue weighted by molar-refractivity contribution is 0.293. The number of hydrogen-bond acceptors (Lipinski definition) is 2. The van der Waals surface area contributed by atoms with Gasteiger partial charge in [0.15, 0.2) is 0 Å². The van der Waals surface area contributed by atoms with Crippen molar-refractivity contribution < 1.29 is 9.47 Å². The third kappa shape index (κ3) is 5.33. The zero-order valence-electron chi connectivity index (χ0n) is 23.2. The lowest BCUT2D eigenvalue weighted by atomic mass is 9.95. The van der Waals surface area contributed by atoms with Gasteiger partial charge < -0.3 is 9.47 Å². The van der Waals surface area contributed by atoms with E-state index in [1.54, 1.807) is 0 Å². The van der Waals surface area contributed by atoms with Crippen LogP contribution in [-0.4, -0.2) is 0 Å². The summed E-state index contributed by atoms with van der Waals surface area (Å²) in [6, 6.07) is 43.5. The maximum Gasteiger partial charge on any atom is 0.124 e. The molecule has 3 heteroatoms. The first-order valence-electron chi connectivity index (χ1n) is 14.4. The molecular weight excluding hydrogens is 519 g/mol. The van der Waals surface area contributed by atoms with Crippen molar-refractivity contribution in [3.05, 3.63) is 161 Å². The second-order valence-electron chi connectivity index (χ2n) is 11.0. The highest BCUT2D eigenvalue weighted by Crippen LogP contribution is 2.55. The molecule has 0 heterocycles. The minimum atomic E-state index is -0.607. The summed E-state index contributed by atoms with van der Waals surface area (Å²) in [6.07, 6.45) is 5.80. The highest BCUT2D eigenvalue weighted by molar-refractivity contribution is 7.79. The van der Waals surface area contributed by atoms with Crippen molar-refractivity contribution in [2.24, 2.45) is 0 Å². The molecule has 5 aromatic carbocycles. The first-order chi connectivity index (χ1) is 20.2. The molecule has 7 rings (SSSR count). The van der Waals surface area contributed by atoms with Gasteiger partial charge in [0.2, 0.25) is 0 Å². The second kappa shape index (κ2) is 11.4. The number of benzene rings is 5. The normalized spacial score (nSPS) is 16.6. The van der Waals surface area contributed by atoms with Crippen LogP contribution in [0.2, 0.25) is 0 Å². The first kappa shape index (κ1) is 25.8. The molecular formula is C38H33O2P. The largest absolute Gasteiger partial charge is 0.489 e. The van der Waals surface area contributed by atoms with Crippen LogP contribution in [0.1, 0.15) is 46.1 Å². The van der Waals surface area contributed by atoms with Gasteiger partial charge in [0, 0.05) is 23.0 Å². The van der Waals surface area contributed by atoms with Gasteiger partial charge in [0.05, 0.1) is 0 Å². The van der Waals surface area contributed by atoms with Gasteiger partial charge in [-0.25, -0.2) is 0 Å². The summed E-state index contributed by atoms with van der Waals surface area (Å²) in [5.74, 6) is 2.81. The predicted octanol–water partition coefficient (Wildman–Crippen LogP) is 8.05. The third-order valence-electron chi connectivity index (χ3n) is 8.16. The Hall–Kier alpha value is -4.13. The predicted molar refractivity (Wildman–Crippen MR) is 171 cm³/mol. The summed E-state index contributed by atoms with van der Waals surface area (Å²) < 4.78 is 12.9. The molecule has 202 valence electrons. The smallest absolute Gasteiger partial charge is 0.124 e. The molecule has 2 atom stereocenters. The Kier molecular flexibility index (Phi) is 7.17. The van der Waals surface area contributed by atoms with E-state index in [0.29, 0.717) is 25.0 Å². The van der Waals surface area contributed by atoms with E-state index in [4.69, 9.17) is 9.47 Å². The number of allylic oxidation sites excluding steroid dienone is 2. The van der Waals surface area contributed by atoms with E-state index in [2.05, 4.69) is 140 Å². The summed E-state index contributed by atoms with van der Waals surface area (Å²) >= 11 is 0. The van der Waals surface area contributed by atoms with Crippen LogP contribution in [0.15, 0.2) is 133 Å². The molecule has 2 unspecified atom stereocenters. The fourth-order valence-corrected chi connectivity index (χ4v) is 8.37. The molecule has 0 amide bonds. The highest BCUT2D eigenvalue weighted by Gasteiger charge is 2.38. The Morgan fingerprint density at radius 3 is 1.46 bits per heavy atom. The topological polar surface area (TPSA) is 18.5 Å². The number of aryl methyl sites for hydroxylation is 1. The van der Waals surface area contributed by atoms with Crippen molar-refractivity contribution in [1.82, 2.24) is 0 Å². The van der Waals surface area contributed by atoms with Crippen LogP contribution in [0.25, 0.3) is 0 Å². The van der Waals surface area contributed by atoms with E-state index >= 15 is 0 Å². The number of fused-ring (bicyclic) bond motifs is 5. The second-order valence-corrected chi connectivity index (χ2v) is 13.2. The molecule has 0 radical (unpaired) electrons. The summed E-state index contributed by atoms with van der Waals surface area (Å²) in [5, 5.41) is 4.07. The lowest BCUT2D eigenvalue weighted by Gasteiger charge is -2.21. The highest BCUT2D eigenvalue weighted by atomic mass is 31.1. The van der Waals surface area contributed by atoms with Gasteiger partial charge in [-0.05, 0) is 60.4 Å². The average Bonchev–Trinajstić information content (AvgIpc) is 3.65. The Bertz CT molecular complexity index is 1620. The fraction of sp³-hybridized carbons (Fsp3) is 0.158. The zero-order valence-corrected chi connectivity index (χ0v) is 24.1. The van der Waals surface area contributed by atoms with Crippen molar-refractivity contribution >= 4 is 23.8 Å². The van der Waals surface area contributed by atoms with Gasteiger partial charge in [0.1, 0.15) is 24.7 Å². The molecule has 2 aliphatic rings. The van der Waals surface area contributed by atoms with Crippen molar-refractivity contribution in [2.45, 2.75) is 38.4 Å². The van der Waals surface area contributed by atoms with E-state index in [0.717, 1.165) is 17.9 Å². The van der Waals surface area contributed by atoms with Crippen LogP contribution in [-0.2, 0) is 13.2 Å². The van der Waals surface area contributed by atoms with E-state index < -0.39 is 7.92 Å². The maximum atomic E-state index is 6.50. The van der Waals surface area contributed by atoms with Crippen LogP contribution in [0.3, 0.4) is 0 Å².